The van der Waals surface area contributed by atoms with E-state index in [2.05, 4.69) is 21.2 Å². The third-order valence-corrected chi connectivity index (χ3v) is 2.77. The van der Waals surface area contributed by atoms with Crippen LogP contribution >= 0.6 is 15.9 Å². The van der Waals surface area contributed by atoms with Crippen LogP contribution in [0.1, 0.15) is 0 Å². The van der Waals surface area contributed by atoms with E-state index in [0.717, 1.165) is 12.1 Å². The van der Waals surface area contributed by atoms with Gasteiger partial charge in [0.15, 0.2) is 0 Å². The van der Waals surface area contributed by atoms with Crippen LogP contribution in [0, 0.1) is 5.82 Å². The van der Waals surface area contributed by atoms with Gasteiger partial charge in [-0.1, -0.05) is 0 Å². The summed E-state index contributed by atoms with van der Waals surface area (Å²) in [5.74, 6) is -3.22. The molecule has 0 bridgehead atoms. The van der Waals surface area contributed by atoms with Crippen molar-refractivity contribution in [3.8, 4) is 0 Å². The molecule has 0 unspecified atom stereocenters. The van der Waals surface area contributed by atoms with E-state index in [-0.39, 0.29) is 10.2 Å². The predicted molar refractivity (Wildman–Crippen MR) is 70.0 cm³/mol. The Morgan fingerprint density at radius 2 is 1.75 bits per heavy atom. The molecule has 9 heteroatoms. The number of nitrogens with one attached hydrogen (secondary N) is 1. The normalized spacial score (nSPS) is 9.90. The first-order chi connectivity index (χ1) is 9.29. The Balaban J connectivity index is 2.84. The molecule has 3 N–H and O–H groups in total. The summed E-state index contributed by atoms with van der Waals surface area (Å²) in [5.41, 5.74) is 0.192. The maximum absolute atomic E-state index is 12.9. The molecule has 0 saturated carbocycles. The molecule has 0 spiro atoms. The Kier molecular flexibility index (Phi) is 5.44. The highest BCUT2D eigenvalue weighted by Gasteiger charge is 2.20. The number of anilines is 1. The van der Waals surface area contributed by atoms with Crippen LogP contribution < -0.4 is 5.32 Å². The van der Waals surface area contributed by atoms with E-state index in [1.165, 1.54) is 6.07 Å². The summed E-state index contributed by atoms with van der Waals surface area (Å²) in [7, 11) is 0. The lowest BCUT2D eigenvalue weighted by molar-refractivity contribution is -0.140. The zero-order chi connectivity index (χ0) is 15.3. The van der Waals surface area contributed by atoms with Crippen LogP contribution in [0.2, 0.25) is 0 Å². The van der Waals surface area contributed by atoms with Crippen LogP contribution in [-0.4, -0.2) is 46.2 Å². The molecule has 0 fully saturated rings. The Morgan fingerprint density at radius 3 is 2.20 bits per heavy atom. The first-order valence-corrected chi connectivity index (χ1v) is 6.03. The molecule has 1 aromatic rings. The maximum Gasteiger partial charge on any atom is 0.323 e. The van der Waals surface area contributed by atoms with Crippen molar-refractivity contribution in [2.75, 3.05) is 18.4 Å². The van der Waals surface area contributed by atoms with Gasteiger partial charge in [-0.25, -0.2) is 9.18 Å². The topological polar surface area (TPSA) is 107 Å². The van der Waals surface area contributed by atoms with Crippen molar-refractivity contribution in [1.82, 2.24) is 4.90 Å². The SMILES string of the molecule is O=C(O)CN(CC(=O)O)C(=O)Nc1ccc(F)cc1Br. The minimum absolute atomic E-state index is 0.192. The number of carbonyl (C=O) groups is 3. The number of carboxylic acid groups (broad SMARTS) is 2. The molecule has 108 valence electrons. The van der Waals surface area contributed by atoms with E-state index in [1.807, 2.05) is 0 Å². The third kappa shape index (κ3) is 4.84. The molecule has 2 amide bonds. The van der Waals surface area contributed by atoms with Gasteiger partial charge in [0.05, 0.1) is 5.69 Å². The Hall–Kier alpha value is -2.16. The first-order valence-electron chi connectivity index (χ1n) is 5.24. The van der Waals surface area contributed by atoms with Gasteiger partial charge < -0.3 is 20.4 Å². The number of amides is 2. The predicted octanol–water partition coefficient (Wildman–Crippen LogP) is 1.59. The minimum Gasteiger partial charge on any atom is -0.480 e. The summed E-state index contributed by atoms with van der Waals surface area (Å²) in [5, 5.41) is 19.6. The number of nitrogens with zero attached hydrogens (tertiary/aromatic N) is 1. The largest absolute Gasteiger partial charge is 0.480 e. The van der Waals surface area contributed by atoms with Crippen LogP contribution in [0.25, 0.3) is 0 Å². The average Bonchev–Trinajstić information content (AvgIpc) is 2.30. The fraction of sp³-hybridized carbons (Fsp3) is 0.182. The molecule has 7 nitrogen and oxygen atoms in total. The average molecular weight is 349 g/mol. The minimum atomic E-state index is -1.35. The zero-order valence-corrected chi connectivity index (χ0v) is 11.6. The van der Waals surface area contributed by atoms with Gasteiger partial charge in [-0.15, -0.1) is 0 Å². The van der Waals surface area contributed by atoms with Crippen molar-refractivity contribution in [3.05, 3.63) is 28.5 Å². The quantitative estimate of drug-likeness (QED) is 0.748. The van der Waals surface area contributed by atoms with E-state index in [9.17, 15) is 18.8 Å². The standard InChI is InChI=1S/C11H10BrFN2O5/c12-7-3-6(13)1-2-8(7)14-11(20)15(4-9(16)17)5-10(18)19/h1-3H,4-5H2,(H,14,20)(H,16,17)(H,18,19). The highest BCUT2D eigenvalue weighted by molar-refractivity contribution is 9.10. The lowest BCUT2D eigenvalue weighted by Gasteiger charge is -2.19. The number of benzene rings is 1. The summed E-state index contributed by atoms with van der Waals surface area (Å²) in [6, 6.07) is 2.55. The lowest BCUT2D eigenvalue weighted by atomic mass is 10.3. The molecule has 20 heavy (non-hydrogen) atoms. The summed E-state index contributed by atoms with van der Waals surface area (Å²) in [6.07, 6.45) is 0. The van der Waals surface area contributed by atoms with Gasteiger partial charge in [0.2, 0.25) is 0 Å². The van der Waals surface area contributed by atoms with Gasteiger partial charge in [0, 0.05) is 4.47 Å². The van der Waals surface area contributed by atoms with E-state index in [1.54, 1.807) is 0 Å². The van der Waals surface area contributed by atoms with E-state index < -0.39 is 36.9 Å². The number of carboxylic acids is 2. The number of carbonyl (C=O) groups excluding carboxylic acids is 1. The second kappa shape index (κ2) is 6.85. The van der Waals surface area contributed by atoms with Crippen molar-refractivity contribution < 1.29 is 29.0 Å². The van der Waals surface area contributed by atoms with Crippen molar-refractivity contribution >= 4 is 39.6 Å². The molecule has 0 radical (unpaired) electrons. The second-order valence-electron chi connectivity index (χ2n) is 3.70. The number of rotatable bonds is 5. The van der Waals surface area contributed by atoms with Crippen molar-refractivity contribution in [2.24, 2.45) is 0 Å². The molecule has 0 aromatic heterocycles. The van der Waals surface area contributed by atoms with Gasteiger partial charge in [-0.05, 0) is 34.1 Å². The van der Waals surface area contributed by atoms with E-state index in [0.29, 0.717) is 4.90 Å². The number of hydrogen-bond donors (Lipinski definition) is 3. The van der Waals surface area contributed by atoms with Gasteiger partial charge in [-0.3, -0.25) is 9.59 Å². The molecule has 0 heterocycles. The Labute approximate surface area is 121 Å². The Morgan fingerprint density at radius 1 is 1.20 bits per heavy atom. The van der Waals surface area contributed by atoms with Crippen LogP contribution in [0.3, 0.4) is 0 Å². The van der Waals surface area contributed by atoms with Crippen molar-refractivity contribution in [1.29, 1.82) is 0 Å². The maximum atomic E-state index is 12.9. The third-order valence-electron chi connectivity index (χ3n) is 2.11. The summed E-state index contributed by atoms with van der Waals surface area (Å²) in [4.78, 5) is 33.6. The van der Waals surface area contributed by atoms with E-state index in [4.69, 9.17) is 10.2 Å². The van der Waals surface area contributed by atoms with Gasteiger partial charge in [0.25, 0.3) is 0 Å². The van der Waals surface area contributed by atoms with Crippen molar-refractivity contribution in [2.45, 2.75) is 0 Å². The summed E-state index contributed by atoms with van der Waals surface area (Å²) in [6.45, 7) is -1.53. The highest BCUT2D eigenvalue weighted by Crippen LogP contribution is 2.23. The fourth-order valence-corrected chi connectivity index (χ4v) is 1.76. The molecule has 1 aromatic carbocycles. The van der Waals surface area contributed by atoms with Crippen LogP contribution in [0.4, 0.5) is 14.9 Å². The molecule has 0 atom stereocenters. The van der Waals surface area contributed by atoms with Gasteiger partial charge in [0.1, 0.15) is 18.9 Å². The van der Waals surface area contributed by atoms with Crippen LogP contribution in [-0.2, 0) is 9.59 Å². The smallest absolute Gasteiger partial charge is 0.323 e. The number of aliphatic carboxylic acids is 2. The van der Waals surface area contributed by atoms with Crippen LogP contribution in [0.5, 0.6) is 0 Å². The molecule has 0 aliphatic carbocycles. The Bertz CT molecular complexity index is 536. The van der Waals surface area contributed by atoms with E-state index >= 15 is 0 Å². The molecule has 1 rings (SSSR count). The number of halogens is 2. The molecule has 0 aliphatic heterocycles. The zero-order valence-electron chi connectivity index (χ0n) is 9.97. The van der Waals surface area contributed by atoms with Gasteiger partial charge in [-0.2, -0.15) is 0 Å². The highest BCUT2D eigenvalue weighted by atomic mass is 79.9. The van der Waals surface area contributed by atoms with Crippen LogP contribution in [0.15, 0.2) is 22.7 Å². The molecule has 0 aliphatic rings. The molecular formula is C11H10BrFN2O5. The number of urea groups is 1. The monoisotopic (exact) mass is 348 g/mol. The molecular weight excluding hydrogens is 339 g/mol. The second-order valence-corrected chi connectivity index (χ2v) is 4.55. The fourth-order valence-electron chi connectivity index (χ4n) is 1.31. The molecule has 0 saturated heterocycles. The summed E-state index contributed by atoms with van der Waals surface area (Å²) < 4.78 is 13.1. The number of hydrogen-bond acceptors (Lipinski definition) is 3. The lowest BCUT2D eigenvalue weighted by Crippen LogP contribution is -2.42. The van der Waals surface area contributed by atoms with Gasteiger partial charge >= 0.3 is 18.0 Å². The van der Waals surface area contributed by atoms with Crippen molar-refractivity contribution in [3.63, 3.8) is 0 Å². The first kappa shape index (κ1) is 15.9. The summed E-state index contributed by atoms with van der Waals surface area (Å²) >= 11 is 3.02.